The molecule has 1 heterocycles. The summed E-state index contributed by atoms with van der Waals surface area (Å²) in [5.41, 5.74) is 0.728. The van der Waals surface area contributed by atoms with E-state index in [0.717, 1.165) is 5.69 Å². The Balaban J connectivity index is 1.88. The molecule has 1 amide bonds. The summed E-state index contributed by atoms with van der Waals surface area (Å²) in [6.07, 6.45) is 0.710. The molecule has 1 aliphatic rings. The molecular formula is C16H24N2O6S. The van der Waals surface area contributed by atoms with E-state index < -0.39 is 9.84 Å². The number of amides is 1. The molecule has 8 nitrogen and oxygen atoms in total. The van der Waals surface area contributed by atoms with Gasteiger partial charge in [0.1, 0.15) is 0 Å². The summed E-state index contributed by atoms with van der Waals surface area (Å²) < 4.78 is 38.6. The van der Waals surface area contributed by atoms with Gasteiger partial charge in [-0.25, -0.2) is 8.42 Å². The molecule has 2 rings (SSSR count). The number of rotatable bonds is 8. The van der Waals surface area contributed by atoms with Crippen molar-refractivity contribution >= 4 is 21.4 Å². The summed E-state index contributed by atoms with van der Waals surface area (Å²) in [6, 6.07) is 3.23. The van der Waals surface area contributed by atoms with Crippen LogP contribution in [0.2, 0.25) is 0 Å². The molecule has 1 unspecified atom stereocenters. The van der Waals surface area contributed by atoms with Crippen LogP contribution in [0.25, 0.3) is 0 Å². The van der Waals surface area contributed by atoms with Crippen LogP contribution in [0.5, 0.6) is 17.2 Å². The van der Waals surface area contributed by atoms with Crippen LogP contribution in [0, 0.1) is 0 Å². The molecule has 0 saturated carbocycles. The first kappa shape index (κ1) is 19.2. The van der Waals surface area contributed by atoms with E-state index in [2.05, 4.69) is 10.6 Å². The van der Waals surface area contributed by atoms with Gasteiger partial charge in [-0.3, -0.25) is 4.79 Å². The van der Waals surface area contributed by atoms with Gasteiger partial charge in [-0.1, -0.05) is 0 Å². The Labute approximate surface area is 147 Å². The summed E-state index contributed by atoms with van der Waals surface area (Å²) in [5, 5.41) is 5.88. The van der Waals surface area contributed by atoms with Crippen molar-refractivity contribution in [2.45, 2.75) is 18.9 Å². The van der Waals surface area contributed by atoms with Gasteiger partial charge >= 0.3 is 0 Å². The largest absolute Gasteiger partial charge is 0.493 e. The van der Waals surface area contributed by atoms with E-state index in [0.29, 0.717) is 30.2 Å². The summed E-state index contributed by atoms with van der Waals surface area (Å²) in [5.74, 6) is 1.52. The van der Waals surface area contributed by atoms with E-state index in [1.807, 2.05) is 0 Å². The van der Waals surface area contributed by atoms with Crippen molar-refractivity contribution in [2.24, 2.45) is 0 Å². The van der Waals surface area contributed by atoms with Crippen LogP contribution in [0.1, 0.15) is 12.8 Å². The predicted molar refractivity (Wildman–Crippen MR) is 94.4 cm³/mol. The molecule has 140 valence electrons. The second kappa shape index (κ2) is 8.28. The fourth-order valence-corrected chi connectivity index (χ4v) is 4.39. The van der Waals surface area contributed by atoms with E-state index in [-0.39, 0.29) is 29.9 Å². The lowest BCUT2D eigenvalue weighted by Gasteiger charge is -2.15. The summed E-state index contributed by atoms with van der Waals surface area (Å²) >= 11 is 0. The highest BCUT2D eigenvalue weighted by atomic mass is 32.2. The van der Waals surface area contributed by atoms with Crippen LogP contribution >= 0.6 is 0 Å². The van der Waals surface area contributed by atoms with Gasteiger partial charge in [-0.2, -0.15) is 0 Å². The number of carbonyl (C=O) groups excluding carboxylic acids is 1. The lowest BCUT2D eigenvalue weighted by Crippen LogP contribution is -2.36. The highest BCUT2D eigenvalue weighted by Gasteiger charge is 2.28. The van der Waals surface area contributed by atoms with Crippen LogP contribution in [-0.4, -0.2) is 59.7 Å². The zero-order valence-electron chi connectivity index (χ0n) is 14.6. The Kier molecular flexibility index (Phi) is 6.35. The van der Waals surface area contributed by atoms with Crippen molar-refractivity contribution in [2.75, 3.05) is 44.7 Å². The molecule has 1 saturated heterocycles. The van der Waals surface area contributed by atoms with E-state index in [4.69, 9.17) is 14.2 Å². The normalized spacial score (nSPS) is 18.4. The van der Waals surface area contributed by atoms with Gasteiger partial charge in [0.05, 0.1) is 32.8 Å². The Morgan fingerprint density at radius 1 is 1.16 bits per heavy atom. The van der Waals surface area contributed by atoms with E-state index >= 15 is 0 Å². The average molecular weight is 372 g/mol. The van der Waals surface area contributed by atoms with Gasteiger partial charge < -0.3 is 24.8 Å². The van der Waals surface area contributed by atoms with Crippen LogP contribution < -0.4 is 24.8 Å². The second-order valence-corrected chi connectivity index (χ2v) is 7.99. The average Bonchev–Trinajstić information content (AvgIpc) is 2.92. The minimum absolute atomic E-state index is 0.0268. The maximum atomic E-state index is 11.9. The number of hydrogen-bond donors (Lipinski definition) is 2. The number of hydrogen-bond acceptors (Lipinski definition) is 7. The van der Waals surface area contributed by atoms with Crippen LogP contribution in [-0.2, 0) is 14.6 Å². The maximum absolute atomic E-state index is 11.9. The zero-order chi connectivity index (χ0) is 18.4. The highest BCUT2D eigenvalue weighted by Crippen LogP contribution is 2.39. The van der Waals surface area contributed by atoms with Gasteiger partial charge in [0, 0.05) is 36.8 Å². The van der Waals surface area contributed by atoms with Crippen molar-refractivity contribution in [3.63, 3.8) is 0 Å². The SMILES string of the molecule is COc1cc(NCCC(=O)NC2CCS(=O)(=O)C2)cc(OC)c1OC. The minimum atomic E-state index is -3.00. The summed E-state index contributed by atoms with van der Waals surface area (Å²) in [7, 11) is 1.60. The van der Waals surface area contributed by atoms with Crippen molar-refractivity contribution in [1.82, 2.24) is 5.32 Å². The second-order valence-electron chi connectivity index (χ2n) is 5.76. The molecule has 0 radical (unpaired) electrons. The molecule has 1 fully saturated rings. The molecule has 0 bridgehead atoms. The fourth-order valence-electron chi connectivity index (χ4n) is 2.71. The first-order valence-corrected chi connectivity index (χ1v) is 9.74. The standard InChI is InChI=1S/C16H24N2O6S/c1-22-13-8-12(9-14(23-2)16(13)24-3)17-6-4-15(19)18-11-5-7-25(20,21)10-11/h8-9,11,17H,4-7,10H2,1-3H3,(H,18,19). The molecule has 25 heavy (non-hydrogen) atoms. The summed E-state index contributed by atoms with van der Waals surface area (Å²) in [6.45, 7) is 0.393. The Morgan fingerprint density at radius 3 is 2.28 bits per heavy atom. The monoisotopic (exact) mass is 372 g/mol. The Bertz CT molecular complexity index is 694. The zero-order valence-corrected chi connectivity index (χ0v) is 15.4. The molecule has 1 aromatic carbocycles. The first-order valence-electron chi connectivity index (χ1n) is 7.92. The maximum Gasteiger partial charge on any atom is 0.222 e. The van der Waals surface area contributed by atoms with Gasteiger partial charge in [0.2, 0.25) is 11.7 Å². The number of nitrogens with one attached hydrogen (secondary N) is 2. The van der Waals surface area contributed by atoms with Gasteiger partial charge in [-0.05, 0) is 6.42 Å². The predicted octanol–water partition coefficient (Wildman–Crippen LogP) is 0.818. The number of benzene rings is 1. The topological polar surface area (TPSA) is 103 Å². The van der Waals surface area contributed by atoms with Crippen LogP contribution in [0.3, 0.4) is 0 Å². The van der Waals surface area contributed by atoms with Gasteiger partial charge in [-0.15, -0.1) is 0 Å². The Morgan fingerprint density at radius 2 is 1.80 bits per heavy atom. The van der Waals surface area contributed by atoms with Crippen molar-refractivity contribution in [1.29, 1.82) is 0 Å². The third-order valence-electron chi connectivity index (χ3n) is 3.94. The number of ether oxygens (including phenoxy) is 3. The highest BCUT2D eigenvalue weighted by molar-refractivity contribution is 7.91. The van der Waals surface area contributed by atoms with E-state index in [1.165, 1.54) is 21.3 Å². The molecule has 9 heteroatoms. The molecule has 0 aromatic heterocycles. The number of methoxy groups -OCH3 is 3. The minimum Gasteiger partial charge on any atom is -0.493 e. The van der Waals surface area contributed by atoms with Gasteiger partial charge in [0.15, 0.2) is 21.3 Å². The lowest BCUT2D eigenvalue weighted by atomic mass is 10.2. The molecule has 0 spiro atoms. The fraction of sp³-hybridized carbons (Fsp3) is 0.562. The smallest absolute Gasteiger partial charge is 0.222 e. The number of carbonyl (C=O) groups is 1. The van der Waals surface area contributed by atoms with Gasteiger partial charge in [0.25, 0.3) is 0 Å². The molecular weight excluding hydrogens is 348 g/mol. The summed E-state index contributed by atoms with van der Waals surface area (Å²) in [4.78, 5) is 11.9. The number of sulfone groups is 1. The van der Waals surface area contributed by atoms with Crippen LogP contribution in [0.15, 0.2) is 12.1 Å². The molecule has 1 aliphatic heterocycles. The molecule has 1 atom stereocenters. The quantitative estimate of drug-likeness (QED) is 0.696. The van der Waals surface area contributed by atoms with Crippen molar-refractivity contribution in [3.05, 3.63) is 12.1 Å². The molecule has 2 N–H and O–H groups in total. The molecule has 0 aliphatic carbocycles. The first-order chi connectivity index (χ1) is 11.9. The van der Waals surface area contributed by atoms with Crippen LogP contribution in [0.4, 0.5) is 5.69 Å². The Hall–Kier alpha value is -2.16. The molecule has 1 aromatic rings. The van der Waals surface area contributed by atoms with Crippen molar-refractivity contribution in [3.8, 4) is 17.2 Å². The van der Waals surface area contributed by atoms with Crippen molar-refractivity contribution < 1.29 is 27.4 Å². The third kappa shape index (κ3) is 5.15. The number of anilines is 1. The van der Waals surface area contributed by atoms with E-state index in [1.54, 1.807) is 12.1 Å². The lowest BCUT2D eigenvalue weighted by molar-refractivity contribution is -0.121. The third-order valence-corrected chi connectivity index (χ3v) is 5.71. The van der Waals surface area contributed by atoms with E-state index in [9.17, 15) is 13.2 Å².